The summed E-state index contributed by atoms with van der Waals surface area (Å²) in [6.45, 7) is 2.59. The second kappa shape index (κ2) is 9.77. The van der Waals surface area contributed by atoms with Crippen LogP contribution in [-0.4, -0.2) is 10.5 Å². The van der Waals surface area contributed by atoms with Gasteiger partial charge in [-0.1, -0.05) is 62.9 Å². The van der Waals surface area contributed by atoms with Crippen molar-refractivity contribution in [2.75, 3.05) is 0 Å². The molecule has 1 aromatic heterocycles. The lowest BCUT2D eigenvalue weighted by Gasteiger charge is -2.26. The molecule has 0 atom stereocenters. The van der Waals surface area contributed by atoms with E-state index in [-0.39, 0.29) is 23.4 Å². The Bertz CT molecular complexity index is 866. The normalized spacial score (nSPS) is 15.2. The first-order valence-corrected chi connectivity index (χ1v) is 10.6. The van der Waals surface area contributed by atoms with Crippen LogP contribution in [0, 0.1) is 5.41 Å². The molecule has 0 aliphatic heterocycles. The first kappa shape index (κ1) is 21.2. The summed E-state index contributed by atoms with van der Waals surface area (Å²) in [5, 5.41) is 0. The Labute approximate surface area is 172 Å². The number of benzene rings is 1. The highest BCUT2D eigenvalue weighted by atomic mass is 16.5. The van der Waals surface area contributed by atoms with Crippen LogP contribution in [-0.2, 0) is 29.8 Å². The van der Waals surface area contributed by atoms with Gasteiger partial charge in [-0.2, -0.15) is 0 Å². The summed E-state index contributed by atoms with van der Waals surface area (Å²) in [5.74, 6) is 0.182. The summed E-state index contributed by atoms with van der Waals surface area (Å²) in [6.07, 6.45) is 8.68. The molecule has 156 valence electrons. The lowest BCUT2D eigenvalue weighted by molar-refractivity contribution is -0.157. The fourth-order valence-corrected chi connectivity index (χ4v) is 4.05. The molecule has 1 saturated carbocycles. The van der Waals surface area contributed by atoms with Crippen molar-refractivity contribution < 1.29 is 14.3 Å². The maximum atomic E-state index is 12.8. The van der Waals surface area contributed by atoms with Gasteiger partial charge in [0.2, 0.25) is 5.43 Å². The number of pyridine rings is 1. The number of aryl methyl sites for hydroxylation is 1. The van der Waals surface area contributed by atoms with Crippen molar-refractivity contribution in [1.82, 2.24) is 4.57 Å². The second-order valence-corrected chi connectivity index (χ2v) is 8.05. The monoisotopic (exact) mass is 397 g/mol. The van der Waals surface area contributed by atoms with E-state index in [0.29, 0.717) is 18.1 Å². The van der Waals surface area contributed by atoms with Crippen LogP contribution in [0.15, 0.2) is 47.4 Å². The maximum Gasteiger partial charge on any atom is 0.312 e. The van der Waals surface area contributed by atoms with Crippen molar-refractivity contribution in [2.24, 2.45) is 12.5 Å². The molecule has 2 aromatic rings. The third kappa shape index (κ3) is 5.28. The first-order valence-electron chi connectivity index (χ1n) is 10.6. The van der Waals surface area contributed by atoms with Gasteiger partial charge in [-0.05, 0) is 24.8 Å². The summed E-state index contributed by atoms with van der Waals surface area (Å²) < 4.78 is 13.2. The fourth-order valence-electron chi connectivity index (χ4n) is 4.05. The van der Waals surface area contributed by atoms with Crippen LogP contribution < -0.4 is 10.2 Å². The third-order valence-electron chi connectivity index (χ3n) is 5.90. The van der Waals surface area contributed by atoms with Gasteiger partial charge in [0.15, 0.2) is 5.75 Å². The Morgan fingerprint density at radius 3 is 2.55 bits per heavy atom. The molecule has 1 heterocycles. The van der Waals surface area contributed by atoms with Crippen molar-refractivity contribution in [3.05, 3.63) is 64.1 Å². The molecule has 29 heavy (non-hydrogen) atoms. The molecule has 3 rings (SSSR count). The molecule has 0 spiro atoms. The SMILES string of the molecule is CCCCC1(C(=O)OCc2cc(=O)c(OCc3ccccc3)cn2C)CCCC1. The van der Waals surface area contributed by atoms with E-state index in [2.05, 4.69) is 6.92 Å². The molecule has 0 bridgehead atoms. The van der Waals surface area contributed by atoms with E-state index < -0.39 is 0 Å². The number of nitrogens with zero attached hydrogens (tertiary/aromatic N) is 1. The van der Waals surface area contributed by atoms with Crippen LogP contribution in [0.25, 0.3) is 0 Å². The molecular formula is C24H31NO4. The van der Waals surface area contributed by atoms with Gasteiger partial charge in [0.1, 0.15) is 13.2 Å². The molecule has 5 heteroatoms. The number of rotatable bonds is 9. The lowest BCUT2D eigenvalue weighted by Crippen LogP contribution is -2.30. The number of hydrogen-bond donors (Lipinski definition) is 0. The van der Waals surface area contributed by atoms with E-state index >= 15 is 0 Å². The minimum Gasteiger partial charge on any atom is -0.483 e. The summed E-state index contributed by atoms with van der Waals surface area (Å²) >= 11 is 0. The van der Waals surface area contributed by atoms with Gasteiger partial charge >= 0.3 is 5.97 Å². The van der Waals surface area contributed by atoms with Crippen LogP contribution >= 0.6 is 0 Å². The van der Waals surface area contributed by atoms with Crippen LogP contribution in [0.4, 0.5) is 0 Å². The van der Waals surface area contributed by atoms with Crippen molar-refractivity contribution in [2.45, 2.75) is 65.1 Å². The van der Waals surface area contributed by atoms with Crippen LogP contribution in [0.5, 0.6) is 5.75 Å². The molecule has 5 nitrogen and oxygen atoms in total. The zero-order valence-electron chi connectivity index (χ0n) is 17.5. The van der Waals surface area contributed by atoms with Gasteiger partial charge in [-0.15, -0.1) is 0 Å². The van der Waals surface area contributed by atoms with Crippen LogP contribution in [0.3, 0.4) is 0 Å². The number of carbonyl (C=O) groups excluding carboxylic acids is 1. The molecule has 0 saturated heterocycles. The molecule has 1 aliphatic carbocycles. The average Bonchev–Trinajstić information content (AvgIpc) is 3.22. The minimum absolute atomic E-state index is 0.109. The third-order valence-corrected chi connectivity index (χ3v) is 5.90. The molecular weight excluding hydrogens is 366 g/mol. The van der Waals surface area contributed by atoms with Gasteiger partial charge in [0.05, 0.1) is 17.3 Å². The highest BCUT2D eigenvalue weighted by Gasteiger charge is 2.41. The standard InChI is InChI=1S/C24H31NO4/c1-3-4-12-24(13-8-9-14-24)23(27)29-18-20-15-21(26)22(16-25(20)2)28-17-19-10-6-5-7-11-19/h5-7,10-11,15-16H,3-4,8-9,12-14,17-18H2,1-2H3. The lowest BCUT2D eigenvalue weighted by atomic mass is 9.81. The van der Waals surface area contributed by atoms with Gasteiger partial charge in [0, 0.05) is 13.1 Å². The quantitative estimate of drug-likeness (QED) is 0.573. The van der Waals surface area contributed by atoms with E-state index in [1.807, 2.05) is 37.4 Å². The average molecular weight is 398 g/mol. The minimum atomic E-state index is -0.326. The molecule has 0 unspecified atom stereocenters. The Balaban J connectivity index is 1.63. The van der Waals surface area contributed by atoms with Crippen molar-refractivity contribution >= 4 is 5.97 Å². The topological polar surface area (TPSA) is 57.5 Å². The second-order valence-electron chi connectivity index (χ2n) is 8.05. The maximum absolute atomic E-state index is 12.8. The largest absolute Gasteiger partial charge is 0.483 e. The Morgan fingerprint density at radius 2 is 1.86 bits per heavy atom. The number of hydrogen-bond acceptors (Lipinski definition) is 4. The Hall–Kier alpha value is -2.56. The van der Waals surface area contributed by atoms with Gasteiger partial charge in [0.25, 0.3) is 0 Å². The van der Waals surface area contributed by atoms with Crippen molar-refractivity contribution in [1.29, 1.82) is 0 Å². The Kier molecular flexibility index (Phi) is 7.13. The predicted octanol–water partition coefficient (Wildman–Crippen LogP) is 4.76. The summed E-state index contributed by atoms with van der Waals surface area (Å²) in [7, 11) is 1.83. The van der Waals surface area contributed by atoms with Gasteiger partial charge in [-0.3, -0.25) is 9.59 Å². The molecule has 0 radical (unpaired) electrons. The van der Waals surface area contributed by atoms with Gasteiger partial charge < -0.3 is 14.0 Å². The van der Waals surface area contributed by atoms with E-state index in [1.54, 1.807) is 10.8 Å². The number of ether oxygens (including phenoxy) is 2. The summed E-state index contributed by atoms with van der Waals surface area (Å²) in [4.78, 5) is 25.3. The molecule has 0 N–H and O–H groups in total. The molecule has 1 aliphatic rings. The predicted molar refractivity (Wildman–Crippen MR) is 113 cm³/mol. The number of esters is 1. The van der Waals surface area contributed by atoms with E-state index in [0.717, 1.165) is 50.5 Å². The number of carbonyl (C=O) groups is 1. The van der Waals surface area contributed by atoms with E-state index in [4.69, 9.17) is 9.47 Å². The summed E-state index contributed by atoms with van der Waals surface area (Å²) in [6, 6.07) is 11.2. The fraction of sp³-hybridized carbons (Fsp3) is 0.500. The van der Waals surface area contributed by atoms with E-state index in [9.17, 15) is 9.59 Å². The van der Waals surface area contributed by atoms with Crippen LogP contribution in [0.1, 0.15) is 63.1 Å². The zero-order chi connectivity index (χ0) is 20.7. The van der Waals surface area contributed by atoms with Crippen molar-refractivity contribution in [3.8, 4) is 5.75 Å². The van der Waals surface area contributed by atoms with Crippen molar-refractivity contribution in [3.63, 3.8) is 0 Å². The molecule has 1 aromatic carbocycles. The molecule has 0 amide bonds. The van der Waals surface area contributed by atoms with E-state index in [1.165, 1.54) is 6.07 Å². The zero-order valence-corrected chi connectivity index (χ0v) is 17.5. The Morgan fingerprint density at radius 1 is 1.14 bits per heavy atom. The smallest absolute Gasteiger partial charge is 0.312 e. The highest BCUT2D eigenvalue weighted by molar-refractivity contribution is 5.77. The van der Waals surface area contributed by atoms with Crippen LogP contribution in [0.2, 0.25) is 0 Å². The first-order chi connectivity index (χ1) is 14.0. The number of aromatic nitrogens is 1. The number of unbranched alkanes of at least 4 members (excludes halogenated alkanes) is 1. The van der Waals surface area contributed by atoms with Gasteiger partial charge in [-0.25, -0.2) is 0 Å². The summed E-state index contributed by atoms with van der Waals surface area (Å²) in [5.41, 5.74) is 1.14. The highest BCUT2D eigenvalue weighted by Crippen LogP contribution is 2.43. The molecule has 1 fully saturated rings.